The summed E-state index contributed by atoms with van der Waals surface area (Å²) in [7, 11) is 0. The number of para-hydroxylation sites is 4. The third kappa shape index (κ3) is 12.9. The van der Waals surface area contributed by atoms with E-state index in [1.54, 1.807) is 0 Å². The number of benzene rings is 26. The summed E-state index contributed by atoms with van der Waals surface area (Å²) >= 11 is 0. The number of aromatic nitrogens is 10. The van der Waals surface area contributed by atoms with Gasteiger partial charge < -0.3 is 9.13 Å². The molecule has 0 aliphatic rings. The zero-order valence-electron chi connectivity index (χ0n) is 79.8. The molecule has 32 rings (SSSR count). The highest BCUT2D eigenvalue weighted by Gasteiger charge is 2.28. The van der Waals surface area contributed by atoms with Gasteiger partial charge in [0, 0.05) is 76.4 Å². The van der Waals surface area contributed by atoms with Gasteiger partial charge in [-0.15, -0.1) is 0 Å². The van der Waals surface area contributed by atoms with Gasteiger partial charge in [-0.2, -0.15) is 19.9 Å². The Bertz CT molecular complexity index is 11100. The quantitative estimate of drug-likeness (QED) is 0.127. The molecule has 10 nitrogen and oxygen atoms in total. The maximum atomic E-state index is 5.52. The Morgan fingerprint density at radius 3 is 0.682 bits per heavy atom. The number of fused-ring (bicyclic) bond motifs is 30. The Morgan fingerprint density at radius 2 is 0.345 bits per heavy atom. The first-order chi connectivity index (χ1) is 73.4. The minimum Gasteiger partial charge on any atom is -0.309 e. The zero-order valence-corrected chi connectivity index (χ0v) is 79.8. The Labute approximate surface area is 847 Å². The molecule has 684 valence electrons. The van der Waals surface area contributed by atoms with E-state index >= 15 is 0 Å². The molecular formula is C138H82N10. The summed E-state index contributed by atoms with van der Waals surface area (Å²) in [5, 5.41) is 37.7. The smallest absolute Gasteiger partial charge is 0.238 e. The molecule has 32 aromatic rings. The van der Waals surface area contributed by atoms with Crippen LogP contribution in [0.15, 0.2) is 497 Å². The van der Waals surface area contributed by atoms with Crippen molar-refractivity contribution in [1.29, 1.82) is 0 Å². The third-order valence-corrected chi connectivity index (χ3v) is 31.0. The van der Waals surface area contributed by atoms with E-state index in [2.05, 4.69) is 516 Å². The predicted molar refractivity (Wildman–Crippen MR) is 620 cm³/mol. The topological polar surface area (TPSA) is 97.1 Å². The highest BCUT2D eigenvalue weighted by molar-refractivity contribution is 6.22. The van der Waals surface area contributed by atoms with Gasteiger partial charge in [0.2, 0.25) is 11.9 Å². The van der Waals surface area contributed by atoms with Crippen molar-refractivity contribution in [3.05, 3.63) is 497 Å². The van der Waals surface area contributed by atoms with E-state index in [1.165, 1.54) is 114 Å². The first-order valence-electron chi connectivity index (χ1n) is 50.5. The Kier molecular flexibility index (Phi) is 18.3. The van der Waals surface area contributed by atoms with Crippen molar-refractivity contribution in [2.75, 3.05) is 0 Å². The molecule has 0 unspecified atom stereocenters. The second-order valence-electron chi connectivity index (χ2n) is 39.0. The van der Waals surface area contributed by atoms with Crippen molar-refractivity contribution in [3.63, 3.8) is 0 Å². The molecule has 0 fully saturated rings. The lowest BCUT2D eigenvalue weighted by atomic mass is 9.96. The number of nitrogens with zero attached hydrogens (tertiary/aromatic N) is 10. The van der Waals surface area contributed by atoms with Crippen LogP contribution in [0.4, 0.5) is 0 Å². The van der Waals surface area contributed by atoms with Gasteiger partial charge >= 0.3 is 0 Å². The summed E-state index contributed by atoms with van der Waals surface area (Å²) in [4.78, 5) is 33.0. The lowest BCUT2D eigenvalue weighted by Gasteiger charge is -2.15. The van der Waals surface area contributed by atoms with Gasteiger partial charge in [-0.05, 0) is 261 Å². The van der Waals surface area contributed by atoms with E-state index in [-0.39, 0.29) is 0 Å². The van der Waals surface area contributed by atoms with Crippen LogP contribution >= 0.6 is 0 Å². The van der Waals surface area contributed by atoms with E-state index < -0.39 is 0 Å². The second-order valence-corrected chi connectivity index (χ2v) is 39.0. The third-order valence-electron chi connectivity index (χ3n) is 31.0. The average Bonchev–Trinajstić information content (AvgIpc) is 1.55. The van der Waals surface area contributed by atoms with Crippen LogP contribution in [0.25, 0.3) is 308 Å². The highest BCUT2D eigenvalue weighted by atomic mass is 15.2. The number of hydrogen-bond donors (Lipinski definition) is 0. The lowest BCUT2D eigenvalue weighted by Crippen LogP contribution is -2.07. The van der Waals surface area contributed by atoms with Gasteiger partial charge in [0.05, 0.1) is 49.8 Å². The molecule has 0 saturated carbocycles. The number of hydrogen-bond acceptors (Lipinski definition) is 6. The lowest BCUT2D eigenvalue weighted by molar-refractivity contribution is 0.955. The molecule has 6 aromatic heterocycles. The summed E-state index contributed by atoms with van der Waals surface area (Å²) in [5.74, 6) is 3.61. The molecule has 0 aliphatic carbocycles. The minimum atomic E-state index is 0.564. The van der Waals surface area contributed by atoms with Crippen LogP contribution in [-0.4, -0.2) is 48.2 Å². The van der Waals surface area contributed by atoms with Gasteiger partial charge in [-0.1, -0.05) is 382 Å². The first-order valence-corrected chi connectivity index (χ1v) is 50.5. The van der Waals surface area contributed by atoms with Crippen LogP contribution in [0.3, 0.4) is 0 Å². The fourth-order valence-corrected chi connectivity index (χ4v) is 24.3. The summed E-state index contributed by atoms with van der Waals surface area (Å²) in [5.41, 5.74) is 19.6. The van der Waals surface area contributed by atoms with Gasteiger partial charge in [0.25, 0.3) is 0 Å². The normalized spacial score (nSPS) is 12.1. The first kappa shape index (κ1) is 82.8. The van der Waals surface area contributed by atoms with Crippen molar-refractivity contribution >= 4 is 216 Å². The van der Waals surface area contributed by atoms with Gasteiger partial charge in [-0.25, -0.2) is 9.97 Å². The van der Waals surface area contributed by atoms with E-state index in [0.717, 1.165) is 158 Å². The molecule has 26 aromatic carbocycles. The fourth-order valence-electron chi connectivity index (χ4n) is 24.3. The molecule has 0 radical (unpaired) electrons. The van der Waals surface area contributed by atoms with E-state index in [1.807, 2.05) is 0 Å². The molecule has 6 heterocycles. The van der Waals surface area contributed by atoms with E-state index in [9.17, 15) is 0 Å². The van der Waals surface area contributed by atoms with Crippen LogP contribution in [-0.2, 0) is 0 Å². The summed E-state index contributed by atoms with van der Waals surface area (Å²) in [6, 6.07) is 180. The summed E-state index contributed by atoms with van der Waals surface area (Å²) < 4.78 is 9.35. The van der Waals surface area contributed by atoms with Gasteiger partial charge in [0.15, 0.2) is 23.3 Å². The van der Waals surface area contributed by atoms with Crippen molar-refractivity contribution in [2.45, 2.75) is 0 Å². The van der Waals surface area contributed by atoms with Gasteiger partial charge in [0.1, 0.15) is 0 Å². The summed E-state index contributed by atoms with van der Waals surface area (Å²) in [6.45, 7) is 0. The van der Waals surface area contributed by atoms with Gasteiger partial charge in [-0.3, -0.25) is 9.13 Å². The maximum Gasteiger partial charge on any atom is 0.238 e. The van der Waals surface area contributed by atoms with Crippen LogP contribution in [0, 0.1) is 0 Å². The fraction of sp³-hybridized carbons (Fsp3) is 0. The molecule has 10 heteroatoms. The predicted octanol–water partition coefficient (Wildman–Crippen LogP) is 36.0. The SMILES string of the molecule is c1ccc2c(c1)cc(-c1nc(-c3cc4ccccc4c4ccccc34)nc(-n3c4ccccc4c4cc(-c5ccc6c(c5)c5ccccc5n6-c5cc6ccccc6c6ccccc56)ccc43)n1)c1ccccc12.c1ccc2c(c1)ccc1ccc(-n3c4ccccc4c4cc(-c5ccc6c(c5)c5ccccc5n6-c5nc(-c6cc7ccccc7c7ccccc67)nc(-c6cc7ccccc7c7ccccc67)n5)ccc43)cc12. The molecule has 0 aliphatic heterocycles. The Balaban J connectivity index is 0.000000134. The molecule has 0 atom stereocenters. The van der Waals surface area contributed by atoms with Crippen molar-refractivity contribution in [1.82, 2.24) is 48.2 Å². The second kappa shape index (κ2) is 32.8. The molecule has 0 saturated heterocycles. The largest absolute Gasteiger partial charge is 0.309 e. The average molecular weight is 1880 g/mol. The molecule has 0 spiro atoms. The minimum absolute atomic E-state index is 0.564. The van der Waals surface area contributed by atoms with Crippen molar-refractivity contribution < 1.29 is 0 Å². The Hall–Kier alpha value is -19.9. The maximum absolute atomic E-state index is 5.52. The molecule has 0 bridgehead atoms. The van der Waals surface area contributed by atoms with Crippen LogP contribution in [0.5, 0.6) is 0 Å². The van der Waals surface area contributed by atoms with E-state index in [4.69, 9.17) is 29.9 Å². The van der Waals surface area contributed by atoms with Crippen LogP contribution < -0.4 is 0 Å². The zero-order chi connectivity index (χ0) is 96.9. The molecule has 148 heavy (non-hydrogen) atoms. The monoisotopic (exact) mass is 1880 g/mol. The Morgan fingerprint density at radius 1 is 0.122 bits per heavy atom. The molecule has 0 amide bonds. The number of rotatable bonds is 10. The van der Waals surface area contributed by atoms with Crippen LogP contribution in [0.1, 0.15) is 0 Å². The van der Waals surface area contributed by atoms with Crippen molar-refractivity contribution in [2.24, 2.45) is 0 Å². The van der Waals surface area contributed by atoms with E-state index in [0.29, 0.717) is 35.2 Å². The molecule has 0 N–H and O–H groups in total. The highest BCUT2D eigenvalue weighted by Crippen LogP contribution is 2.48. The van der Waals surface area contributed by atoms with Crippen LogP contribution in [0.2, 0.25) is 0 Å². The molecular weight excluding hydrogens is 1800 g/mol. The standard InChI is InChI=1S/2C69H41N5/c1-4-18-49-42(15-1)29-30-43-31-34-48(41-58(43)49)73-63-27-13-11-25-56(63)59-37-44(32-35-65(59)73)45-33-36-66-60(38-45)57-26-12-14-28-64(57)74(66)69-71-67(61-39-46-16-2-5-19-50(46)52-21-7-9-23-54(52)61)70-68(72-69)62-40-47-17-3-6-20-51(47)53-22-8-10-24-55(53)62;1-4-20-47-44(17-1)39-60(53-26-9-7-23-50(47)53)67-70-68(61-40-45-18-2-5-21-48(45)51-24-8-10-27-54(51)61)72-69(71-67)74-63-32-16-14-30-57(63)59-38-43(34-36-65(59)74)42-33-35-64-58(37-42)56-29-13-15-31-62(56)73(64)66-41-46-19-3-6-22-49(46)52-25-11-12-28-55(52)66/h2*1-41H. The summed E-state index contributed by atoms with van der Waals surface area (Å²) in [6.07, 6.45) is 0. The van der Waals surface area contributed by atoms with Crippen molar-refractivity contribution in [3.8, 4) is 91.1 Å².